The molecule has 32 heavy (non-hydrogen) atoms. The van der Waals surface area contributed by atoms with Crippen LogP contribution in [0, 0.1) is 0 Å². The maximum absolute atomic E-state index is 13.0. The van der Waals surface area contributed by atoms with Crippen molar-refractivity contribution >= 4 is 27.5 Å². The van der Waals surface area contributed by atoms with Crippen molar-refractivity contribution in [2.24, 2.45) is 0 Å². The molecule has 1 fully saturated rings. The average molecular weight is 458 g/mol. The van der Waals surface area contributed by atoms with E-state index in [1.807, 2.05) is 38.1 Å². The first-order valence-corrected chi connectivity index (χ1v) is 12.4. The van der Waals surface area contributed by atoms with E-state index in [0.717, 1.165) is 36.9 Å². The van der Waals surface area contributed by atoms with Crippen LogP contribution in [0.4, 0.5) is 5.69 Å². The molecule has 2 aromatic rings. The molecule has 2 aromatic carbocycles. The van der Waals surface area contributed by atoms with Crippen LogP contribution in [0.5, 0.6) is 0 Å². The zero-order valence-corrected chi connectivity index (χ0v) is 19.7. The third-order valence-corrected chi connectivity index (χ3v) is 7.88. The summed E-state index contributed by atoms with van der Waals surface area (Å²) < 4.78 is 27.5. The number of benzene rings is 2. The Bertz CT molecular complexity index is 1070. The summed E-state index contributed by atoms with van der Waals surface area (Å²) in [6, 6.07) is 13.5. The van der Waals surface area contributed by atoms with Gasteiger partial charge in [-0.25, -0.2) is 8.42 Å². The van der Waals surface area contributed by atoms with Crippen molar-refractivity contribution in [1.29, 1.82) is 0 Å². The molecule has 7 nitrogen and oxygen atoms in total. The fraction of sp³-hybridized carbons (Fsp3) is 0.417. The molecule has 0 aliphatic carbocycles. The first-order valence-electron chi connectivity index (χ1n) is 11.0. The van der Waals surface area contributed by atoms with Gasteiger partial charge in [-0.05, 0) is 62.1 Å². The van der Waals surface area contributed by atoms with E-state index in [-0.39, 0.29) is 29.3 Å². The number of sulfonamides is 1. The summed E-state index contributed by atoms with van der Waals surface area (Å²) in [6.45, 7) is 4.34. The lowest BCUT2D eigenvalue weighted by atomic mass is 10.1. The molecule has 0 bridgehead atoms. The molecule has 2 amide bonds. The number of likely N-dealkylation sites (N-methyl/N-ethyl adjacent to an activating group) is 1. The molecule has 1 aliphatic rings. The predicted octanol–water partition coefficient (Wildman–Crippen LogP) is 3.52. The normalized spacial score (nSPS) is 17.0. The SMILES string of the molecule is CCc1ccccc1NC(=O)CN(C)C(=O)c1ccc(S(=O)(=O)N2CCCC[C@@H]2C)cc1. The Kier molecular flexibility index (Phi) is 7.69. The van der Waals surface area contributed by atoms with Crippen molar-refractivity contribution in [2.75, 3.05) is 25.5 Å². The van der Waals surface area contributed by atoms with Gasteiger partial charge in [0.05, 0.1) is 11.4 Å². The van der Waals surface area contributed by atoms with Crippen molar-refractivity contribution in [3.63, 3.8) is 0 Å². The number of piperidine rings is 1. The molecule has 0 radical (unpaired) electrons. The zero-order valence-electron chi connectivity index (χ0n) is 18.9. The van der Waals surface area contributed by atoms with Crippen LogP contribution in [-0.2, 0) is 21.2 Å². The van der Waals surface area contributed by atoms with Gasteiger partial charge in [0.25, 0.3) is 5.91 Å². The van der Waals surface area contributed by atoms with Gasteiger partial charge in [0.15, 0.2) is 0 Å². The topological polar surface area (TPSA) is 86.8 Å². The highest BCUT2D eigenvalue weighted by molar-refractivity contribution is 7.89. The number of nitrogens with zero attached hydrogens (tertiary/aromatic N) is 2. The number of rotatable bonds is 7. The van der Waals surface area contributed by atoms with Crippen LogP contribution in [0.1, 0.15) is 49.0 Å². The number of aryl methyl sites for hydroxylation is 1. The average Bonchev–Trinajstić information content (AvgIpc) is 2.79. The summed E-state index contributed by atoms with van der Waals surface area (Å²) in [5.41, 5.74) is 2.09. The van der Waals surface area contributed by atoms with Crippen LogP contribution in [-0.4, -0.2) is 55.6 Å². The van der Waals surface area contributed by atoms with E-state index in [9.17, 15) is 18.0 Å². The number of hydrogen-bond acceptors (Lipinski definition) is 4. The van der Waals surface area contributed by atoms with Crippen LogP contribution < -0.4 is 5.32 Å². The molecular weight excluding hydrogens is 426 g/mol. The van der Waals surface area contributed by atoms with E-state index in [2.05, 4.69) is 5.32 Å². The third kappa shape index (κ3) is 5.37. The van der Waals surface area contributed by atoms with Gasteiger partial charge in [-0.15, -0.1) is 0 Å². The number of carbonyl (C=O) groups excluding carboxylic acids is 2. The minimum absolute atomic E-state index is 0.0301. The lowest BCUT2D eigenvalue weighted by molar-refractivity contribution is -0.116. The summed E-state index contributed by atoms with van der Waals surface area (Å²) in [4.78, 5) is 26.7. The maximum Gasteiger partial charge on any atom is 0.254 e. The Hall–Kier alpha value is -2.71. The Labute approximate surface area is 190 Å². The molecular formula is C24H31N3O4S. The van der Waals surface area contributed by atoms with E-state index in [1.54, 1.807) is 7.05 Å². The first-order chi connectivity index (χ1) is 15.2. The predicted molar refractivity (Wildman–Crippen MR) is 125 cm³/mol. The van der Waals surface area contributed by atoms with Crippen molar-refractivity contribution < 1.29 is 18.0 Å². The second-order valence-electron chi connectivity index (χ2n) is 8.21. The fourth-order valence-corrected chi connectivity index (χ4v) is 5.68. The molecule has 0 aromatic heterocycles. The molecule has 0 saturated carbocycles. The summed E-state index contributed by atoms with van der Waals surface area (Å²) in [5.74, 6) is -0.640. The largest absolute Gasteiger partial charge is 0.332 e. The van der Waals surface area contributed by atoms with Crippen LogP contribution in [0.3, 0.4) is 0 Å². The maximum atomic E-state index is 13.0. The molecule has 1 N–H and O–H groups in total. The van der Waals surface area contributed by atoms with E-state index < -0.39 is 10.0 Å². The molecule has 172 valence electrons. The van der Waals surface area contributed by atoms with Gasteiger partial charge in [-0.3, -0.25) is 9.59 Å². The smallest absolute Gasteiger partial charge is 0.254 e. The third-order valence-electron chi connectivity index (χ3n) is 5.85. The van der Waals surface area contributed by atoms with Gasteiger partial charge in [0.1, 0.15) is 0 Å². The molecule has 3 rings (SSSR count). The number of para-hydroxylation sites is 1. The lowest BCUT2D eigenvalue weighted by Gasteiger charge is -2.32. The monoisotopic (exact) mass is 457 g/mol. The van der Waals surface area contributed by atoms with E-state index in [0.29, 0.717) is 12.1 Å². The standard InChI is InChI=1S/C24H31N3O4S/c1-4-19-10-5-6-11-22(19)25-23(28)17-26(3)24(29)20-12-14-21(15-13-20)32(30,31)27-16-8-7-9-18(27)2/h5-6,10-15,18H,4,7-9,16-17H2,1-3H3,(H,25,28)/t18-/m0/s1. The fourth-order valence-electron chi connectivity index (χ4n) is 3.98. The molecule has 1 atom stereocenters. The van der Waals surface area contributed by atoms with Gasteiger partial charge in [0, 0.05) is 30.9 Å². The van der Waals surface area contributed by atoms with E-state index in [1.165, 1.54) is 33.5 Å². The number of nitrogens with one attached hydrogen (secondary N) is 1. The van der Waals surface area contributed by atoms with Crippen molar-refractivity contribution in [2.45, 2.75) is 50.5 Å². The van der Waals surface area contributed by atoms with Gasteiger partial charge < -0.3 is 10.2 Å². The number of carbonyl (C=O) groups is 2. The zero-order chi connectivity index (χ0) is 23.3. The molecule has 1 aliphatic heterocycles. The molecule has 1 heterocycles. The highest BCUT2D eigenvalue weighted by atomic mass is 32.2. The Morgan fingerprint density at radius 3 is 2.44 bits per heavy atom. The summed E-state index contributed by atoms with van der Waals surface area (Å²) in [6.07, 6.45) is 3.53. The summed E-state index contributed by atoms with van der Waals surface area (Å²) in [5, 5.41) is 2.85. The highest BCUT2D eigenvalue weighted by Crippen LogP contribution is 2.25. The lowest BCUT2D eigenvalue weighted by Crippen LogP contribution is -2.41. The van der Waals surface area contributed by atoms with Crippen molar-refractivity contribution in [3.05, 3.63) is 59.7 Å². The molecule has 0 unspecified atom stereocenters. The van der Waals surface area contributed by atoms with Gasteiger partial charge in [-0.1, -0.05) is 31.5 Å². The van der Waals surface area contributed by atoms with Gasteiger partial charge >= 0.3 is 0 Å². The highest BCUT2D eigenvalue weighted by Gasteiger charge is 2.31. The number of anilines is 1. The Balaban J connectivity index is 1.65. The second kappa shape index (κ2) is 10.3. The number of amides is 2. The minimum atomic E-state index is -3.59. The summed E-state index contributed by atoms with van der Waals surface area (Å²) in [7, 11) is -2.04. The quantitative estimate of drug-likeness (QED) is 0.689. The minimum Gasteiger partial charge on any atom is -0.332 e. The second-order valence-corrected chi connectivity index (χ2v) is 10.1. The van der Waals surface area contributed by atoms with Gasteiger partial charge in [-0.2, -0.15) is 4.31 Å². The van der Waals surface area contributed by atoms with Crippen LogP contribution in [0.15, 0.2) is 53.4 Å². The number of hydrogen-bond donors (Lipinski definition) is 1. The van der Waals surface area contributed by atoms with E-state index in [4.69, 9.17) is 0 Å². The van der Waals surface area contributed by atoms with E-state index >= 15 is 0 Å². The Morgan fingerprint density at radius 2 is 1.78 bits per heavy atom. The Morgan fingerprint density at radius 1 is 1.09 bits per heavy atom. The van der Waals surface area contributed by atoms with Crippen LogP contribution >= 0.6 is 0 Å². The van der Waals surface area contributed by atoms with Crippen molar-refractivity contribution in [1.82, 2.24) is 9.21 Å². The van der Waals surface area contributed by atoms with Crippen LogP contribution in [0.25, 0.3) is 0 Å². The van der Waals surface area contributed by atoms with Gasteiger partial charge in [0.2, 0.25) is 15.9 Å². The van der Waals surface area contributed by atoms with Crippen LogP contribution in [0.2, 0.25) is 0 Å². The molecule has 0 spiro atoms. The summed E-state index contributed by atoms with van der Waals surface area (Å²) >= 11 is 0. The molecule has 1 saturated heterocycles. The first kappa shape index (κ1) is 23.9. The van der Waals surface area contributed by atoms with Crippen molar-refractivity contribution in [3.8, 4) is 0 Å². The molecule has 8 heteroatoms.